The van der Waals surface area contributed by atoms with Crippen molar-refractivity contribution >= 4 is 5.97 Å². The molecule has 1 heterocycles. The average Bonchev–Trinajstić information content (AvgIpc) is 2.54. The van der Waals surface area contributed by atoms with Gasteiger partial charge >= 0.3 is 5.97 Å². The predicted molar refractivity (Wildman–Crippen MR) is 55.6 cm³/mol. The van der Waals surface area contributed by atoms with Crippen molar-refractivity contribution in [3.05, 3.63) is 0 Å². The number of rotatable bonds is 3. The third-order valence-electron chi connectivity index (χ3n) is 2.40. The van der Waals surface area contributed by atoms with Gasteiger partial charge in [-0.2, -0.15) is 0 Å². The van der Waals surface area contributed by atoms with E-state index in [4.69, 9.17) is 14.2 Å². The fourth-order valence-electron chi connectivity index (χ4n) is 1.34. The smallest absolute Gasteiger partial charge is 0.311 e. The van der Waals surface area contributed by atoms with Crippen LogP contribution in [-0.4, -0.2) is 38.3 Å². The zero-order chi connectivity index (χ0) is 12.3. The molecular weight excluding hydrogens is 215 g/mol. The van der Waals surface area contributed by atoms with E-state index in [2.05, 4.69) is 0 Å². The standard InChI is InChI=1S/C11H19FO4/c1-11(2,3)10(13)15-6-8-7(12)5-9(14-4)16-8/h7-9H,5-6H2,1-4H3/t7-,8+,9?/m0/s1. The highest BCUT2D eigenvalue weighted by molar-refractivity contribution is 5.75. The van der Waals surface area contributed by atoms with E-state index in [-0.39, 0.29) is 19.0 Å². The highest BCUT2D eigenvalue weighted by atomic mass is 19.1. The van der Waals surface area contributed by atoms with Crippen LogP contribution in [-0.2, 0) is 19.0 Å². The molecule has 1 aliphatic rings. The number of hydrogen-bond donors (Lipinski definition) is 0. The van der Waals surface area contributed by atoms with Gasteiger partial charge in [0.05, 0.1) is 5.41 Å². The second-order valence-electron chi connectivity index (χ2n) is 4.94. The molecule has 5 heteroatoms. The lowest BCUT2D eigenvalue weighted by atomic mass is 9.97. The van der Waals surface area contributed by atoms with Gasteiger partial charge in [-0.3, -0.25) is 4.79 Å². The van der Waals surface area contributed by atoms with Crippen LogP contribution in [0.2, 0.25) is 0 Å². The summed E-state index contributed by atoms with van der Waals surface area (Å²) in [4.78, 5) is 11.4. The summed E-state index contributed by atoms with van der Waals surface area (Å²) in [6.45, 7) is 5.18. The van der Waals surface area contributed by atoms with Gasteiger partial charge in [0.2, 0.25) is 0 Å². The van der Waals surface area contributed by atoms with E-state index in [9.17, 15) is 9.18 Å². The quantitative estimate of drug-likeness (QED) is 0.697. The van der Waals surface area contributed by atoms with Gasteiger partial charge in [-0.05, 0) is 20.8 Å². The Kier molecular flexibility index (Phi) is 4.27. The van der Waals surface area contributed by atoms with E-state index in [1.54, 1.807) is 20.8 Å². The average molecular weight is 234 g/mol. The first-order valence-corrected chi connectivity index (χ1v) is 5.34. The Morgan fingerprint density at radius 2 is 2.12 bits per heavy atom. The van der Waals surface area contributed by atoms with Crippen LogP contribution < -0.4 is 0 Å². The van der Waals surface area contributed by atoms with Gasteiger partial charge in [0, 0.05) is 13.5 Å². The zero-order valence-corrected chi connectivity index (χ0v) is 10.2. The van der Waals surface area contributed by atoms with Crippen LogP contribution in [0.1, 0.15) is 27.2 Å². The Balaban J connectivity index is 2.36. The molecule has 16 heavy (non-hydrogen) atoms. The van der Waals surface area contributed by atoms with E-state index in [1.807, 2.05) is 0 Å². The third kappa shape index (κ3) is 3.42. The second-order valence-corrected chi connectivity index (χ2v) is 4.94. The summed E-state index contributed by atoms with van der Waals surface area (Å²) >= 11 is 0. The lowest BCUT2D eigenvalue weighted by molar-refractivity contribution is -0.164. The third-order valence-corrected chi connectivity index (χ3v) is 2.40. The summed E-state index contributed by atoms with van der Waals surface area (Å²) < 4.78 is 28.5. The molecule has 3 atom stereocenters. The molecule has 0 aromatic carbocycles. The van der Waals surface area contributed by atoms with Crippen LogP contribution >= 0.6 is 0 Å². The summed E-state index contributed by atoms with van der Waals surface area (Å²) in [7, 11) is 1.46. The number of halogens is 1. The van der Waals surface area contributed by atoms with E-state index in [0.29, 0.717) is 0 Å². The number of alkyl halides is 1. The molecule has 0 bridgehead atoms. The summed E-state index contributed by atoms with van der Waals surface area (Å²) in [5.41, 5.74) is -0.578. The van der Waals surface area contributed by atoms with E-state index < -0.39 is 24.0 Å². The maximum Gasteiger partial charge on any atom is 0.311 e. The normalized spacial score (nSPS) is 30.4. The lowest BCUT2D eigenvalue weighted by Gasteiger charge is -2.19. The molecule has 1 aliphatic heterocycles. The molecule has 0 saturated carbocycles. The van der Waals surface area contributed by atoms with Gasteiger partial charge < -0.3 is 14.2 Å². The lowest BCUT2D eigenvalue weighted by Crippen LogP contribution is -2.30. The number of ether oxygens (including phenoxy) is 3. The van der Waals surface area contributed by atoms with Crippen molar-refractivity contribution in [3.8, 4) is 0 Å². The Hall–Kier alpha value is -0.680. The second kappa shape index (κ2) is 5.10. The maximum atomic E-state index is 13.4. The SMILES string of the molecule is COC1C[C@H](F)[C@@H](COC(=O)C(C)(C)C)O1. The molecule has 94 valence electrons. The number of methoxy groups -OCH3 is 1. The van der Waals surface area contributed by atoms with E-state index >= 15 is 0 Å². The topological polar surface area (TPSA) is 44.8 Å². The fraction of sp³-hybridized carbons (Fsp3) is 0.909. The minimum atomic E-state index is -1.14. The maximum absolute atomic E-state index is 13.4. The molecule has 1 unspecified atom stereocenters. The van der Waals surface area contributed by atoms with Crippen molar-refractivity contribution in [2.24, 2.45) is 5.41 Å². The zero-order valence-electron chi connectivity index (χ0n) is 10.2. The van der Waals surface area contributed by atoms with Crippen LogP contribution in [0, 0.1) is 5.41 Å². The summed E-state index contributed by atoms with van der Waals surface area (Å²) in [6, 6.07) is 0. The fourth-order valence-corrected chi connectivity index (χ4v) is 1.34. The van der Waals surface area contributed by atoms with Crippen LogP contribution in [0.25, 0.3) is 0 Å². The molecule has 0 aromatic heterocycles. The molecule has 0 amide bonds. The minimum absolute atomic E-state index is 0.0584. The Morgan fingerprint density at radius 3 is 2.56 bits per heavy atom. The Labute approximate surface area is 95.1 Å². The summed E-state index contributed by atoms with van der Waals surface area (Å²) in [5, 5.41) is 0. The van der Waals surface area contributed by atoms with E-state index in [1.165, 1.54) is 7.11 Å². The Bertz CT molecular complexity index is 249. The molecule has 1 rings (SSSR count). The largest absolute Gasteiger partial charge is 0.462 e. The van der Waals surface area contributed by atoms with E-state index in [0.717, 1.165) is 0 Å². The van der Waals surface area contributed by atoms with Crippen molar-refractivity contribution in [2.45, 2.75) is 45.8 Å². The molecule has 0 radical (unpaired) electrons. The highest BCUT2D eigenvalue weighted by Crippen LogP contribution is 2.24. The van der Waals surface area contributed by atoms with Crippen LogP contribution in [0.3, 0.4) is 0 Å². The molecule has 1 saturated heterocycles. The molecule has 0 aromatic rings. The van der Waals surface area contributed by atoms with Gasteiger partial charge in [0.1, 0.15) is 18.9 Å². The van der Waals surface area contributed by atoms with Gasteiger partial charge in [0.15, 0.2) is 6.29 Å². The van der Waals surface area contributed by atoms with Gasteiger partial charge in [-0.1, -0.05) is 0 Å². The molecular formula is C11H19FO4. The molecule has 0 N–H and O–H groups in total. The van der Waals surface area contributed by atoms with Crippen LogP contribution in [0.5, 0.6) is 0 Å². The number of carbonyl (C=O) groups excluding carboxylic acids is 1. The minimum Gasteiger partial charge on any atom is -0.462 e. The summed E-state index contributed by atoms with van der Waals surface area (Å²) in [6.07, 6.45) is -2.20. The predicted octanol–water partition coefficient (Wildman–Crippen LogP) is 1.68. The molecule has 1 fully saturated rings. The number of hydrogen-bond acceptors (Lipinski definition) is 4. The first-order valence-electron chi connectivity index (χ1n) is 5.34. The van der Waals surface area contributed by atoms with Crippen LogP contribution in [0.15, 0.2) is 0 Å². The summed E-state index contributed by atoms with van der Waals surface area (Å²) in [5.74, 6) is -0.357. The van der Waals surface area contributed by atoms with Crippen molar-refractivity contribution < 1.29 is 23.4 Å². The first-order chi connectivity index (χ1) is 7.34. The Morgan fingerprint density at radius 1 is 1.50 bits per heavy atom. The molecule has 0 aliphatic carbocycles. The monoisotopic (exact) mass is 234 g/mol. The van der Waals surface area contributed by atoms with Crippen molar-refractivity contribution in [1.29, 1.82) is 0 Å². The van der Waals surface area contributed by atoms with Gasteiger partial charge in [0.25, 0.3) is 0 Å². The van der Waals surface area contributed by atoms with Crippen molar-refractivity contribution in [3.63, 3.8) is 0 Å². The number of carbonyl (C=O) groups is 1. The van der Waals surface area contributed by atoms with Crippen molar-refractivity contribution in [2.75, 3.05) is 13.7 Å². The highest BCUT2D eigenvalue weighted by Gasteiger charge is 2.37. The molecule has 4 nitrogen and oxygen atoms in total. The first kappa shape index (κ1) is 13.4. The van der Waals surface area contributed by atoms with Gasteiger partial charge in [-0.25, -0.2) is 4.39 Å². The van der Waals surface area contributed by atoms with Crippen LogP contribution in [0.4, 0.5) is 4.39 Å². The number of esters is 1. The molecule has 0 spiro atoms. The van der Waals surface area contributed by atoms with Crippen molar-refractivity contribution in [1.82, 2.24) is 0 Å². The van der Waals surface area contributed by atoms with Gasteiger partial charge in [-0.15, -0.1) is 0 Å².